The summed E-state index contributed by atoms with van der Waals surface area (Å²) in [7, 11) is 0. The fraction of sp³-hybridized carbons (Fsp3) is 0.571. The lowest BCUT2D eigenvalue weighted by molar-refractivity contribution is -0.158. The minimum atomic E-state index is -0.984. The van der Waals surface area contributed by atoms with E-state index >= 15 is 0 Å². The minimum Gasteiger partial charge on any atom is -0.466 e. The van der Waals surface area contributed by atoms with E-state index in [1.165, 1.54) is 6.08 Å². The van der Waals surface area contributed by atoms with E-state index in [4.69, 9.17) is 9.47 Å². The van der Waals surface area contributed by atoms with Gasteiger partial charge in [-0.1, -0.05) is 0 Å². The van der Waals surface area contributed by atoms with Crippen molar-refractivity contribution in [1.82, 2.24) is 4.90 Å². The van der Waals surface area contributed by atoms with Gasteiger partial charge in [0, 0.05) is 12.0 Å². The predicted octanol–water partition coefficient (Wildman–Crippen LogP) is 0.406. The van der Waals surface area contributed by atoms with E-state index in [0.29, 0.717) is 5.57 Å². The van der Waals surface area contributed by atoms with Crippen LogP contribution in [0.3, 0.4) is 0 Å². The molecule has 0 radical (unpaired) electrons. The molecule has 2 aliphatic heterocycles. The fourth-order valence-corrected chi connectivity index (χ4v) is 2.26. The number of carbonyl (C=O) groups excluding carboxylic acids is 4. The van der Waals surface area contributed by atoms with Gasteiger partial charge in [-0.3, -0.25) is 9.59 Å². The van der Waals surface area contributed by atoms with Crippen molar-refractivity contribution in [1.29, 1.82) is 0 Å². The van der Waals surface area contributed by atoms with Crippen molar-refractivity contribution in [3.63, 3.8) is 0 Å². The lowest BCUT2D eigenvalue weighted by Gasteiger charge is -2.21. The van der Waals surface area contributed by atoms with Gasteiger partial charge >= 0.3 is 18.0 Å². The first-order valence-corrected chi connectivity index (χ1v) is 6.97. The molecule has 0 aromatic carbocycles. The van der Waals surface area contributed by atoms with Crippen LogP contribution in [0.2, 0.25) is 0 Å². The Labute approximate surface area is 127 Å². The van der Waals surface area contributed by atoms with Crippen LogP contribution in [0.25, 0.3) is 0 Å². The van der Waals surface area contributed by atoms with E-state index in [9.17, 15) is 19.2 Å². The maximum Gasteiger partial charge on any atom is 0.416 e. The summed E-state index contributed by atoms with van der Waals surface area (Å²) in [5.41, 5.74) is 0.368. The molecule has 8 heteroatoms. The van der Waals surface area contributed by atoms with Crippen LogP contribution in [-0.4, -0.2) is 54.7 Å². The summed E-state index contributed by atoms with van der Waals surface area (Å²) in [4.78, 5) is 48.0. The number of rotatable bonds is 5. The van der Waals surface area contributed by atoms with Crippen molar-refractivity contribution in [3.8, 4) is 0 Å². The van der Waals surface area contributed by atoms with Gasteiger partial charge in [-0.25, -0.2) is 14.5 Å². The first-order valence-electron chi connectivity index (χ1n) is 6.97. The molecule has 1 saturated heterocycles. The molecule has 22 heavy (non-hydrogen) atoms. The molecule has 120 valence electrons. The van der Waals surface area contributed by atoms with Gasteiger partial charge in [-0.2, -0.15) is 0 Å². The van der Waals surface area contributed by atoms with Gasteiger partial charge in [0.05, 0.1) is 13.2 Å². The number of nitrogens with zero attached hydrogens (tertiary/aromatic N) is 1. The van der Waals surface area contributed by atoms with Gasteiger partial charge in [0.1, 0.15) is 18.6 Å². The van der Waals surface area contributed by atoms with Gasteiger partial charge in [0.2, 0.25) is 5.91 Å². The van der Waals surface area contributed by atoms with Gasteiger partial charge in [0.15, 0.2) is 0 Å². The van der Waals surface area contributed by atoms with Crippen LogP contribution in [0, 0.1) is 5.92 Å². The van der Waals surface area contributed by atoms with E-state index in [2.05, 4.69) is 4.74 Å². The number of esters is 2. The summed E-state index contributed by atoms with van der Waals surface area (Å²) >= 11 is 0. The number of imide groups is 1. The van der Waals surface area contributed by atoms with E-state index in [0.717, 1.165) is 4.90 Å². The quantitative estimate of drug-likeness (QED) is 0.535. The Morgan fingerprint density at radius 3 is 2.68 bits per heavy atom. The zero-order chi connectivity index (χ0) is 16.3. The van der Waals surface area contributed by atoms with E-state index in [-0.39, 0.29) is 26.2 Å². The van der Waals surface area contributed by atoms with Crippen LogP contribution in [0.1, 0.15) is 20.3 Å². The molecule has 0 spiro atoms. The summed E-state index contributed by atoms with van der Waals surface area (Å²) in [5, 5.41) is 0. The highest BCUT2D eigenvalue weighted by Crippen LogP contribution is 2.25. The normalized spacial score (nSPS) is 22.0. The van der Waals surface area contributed by atoms with E-state index in [1.807, 2.05) is 0 Å². The van der Waals surface area contributed by atoms with Crippen LogP contribution in [0.15, 0.2) is 11.6 Å². The third-order valence-corrected chi connectivity index (χ3v) is 3.42. The van der Waals surface area contributed by atoms with Crippen LogP contribution in [0.4, 0.5) is 4.79 Å². The largest absolute Gasteiger partial charge is 0.466 e. The molecule has 1 fully saturated rings. The maximum atomic E-state index is 12.2. The van der Waals surface area contributed by atoms with Crippen molar-refractivity contribution in [2.75, 3.05) is 19.8 Å². The number of amides is 2. The van der Waals surface area contributed by atoms with Crippen LogP contribution in [0.5, 0.6) is 0 Å². The predicted molar refractivity (Wildman–Crippen MR) is 71.4 cm³/mol. The third-order valence-electron chi connectivity index (χ3n) is 3.42. The summed E-state index contributed by atoms with van der Waals surface area (Å²) < 4.78 is 14.7. The number of ether oxygens (including phenoxy) is 3. The van der Waals surface area contributed by atoms with Gasteiger partial charge in [-0.05, 0) is 19.9 Å². The molecule has 0 aromatic heterocycles. The smallest absolute Gasteiger partial charge is 0.416 e. The average Bonchev–Trinajstić information content (AvgIpc) is 3.03. The monoisotopic (exact) mass is 311 g/mol. The molecular weight excluding hydrogens is 294 g/mol. The van der Waals surface area contributed by atoms with E-state index < -0.39 is 36.0 Å². The first-order chi connectivity index (χ1) is 10.4. The van der Waals surface area contributed by atoms with Crippen molar-refractivity contribution in [2.24, 2.45) is 5.92 Å². The second-order valence-corrected chi connectivity index (χ2v) is 4.94. The molecule has 0 unspecified atom stereocenters. The number of hydrogen-bond acceptors (Lipinski definition) is 7. The van der Waals surface area contributed by atoms with Crippen LogP contribution >= 0.6 is 0 Å². The van der Waals surface area contributed by atoms with Gasteiger partial charge in [-0.15, -0.1) is 0 Å². The summed E-state index contributed by atoms with van der Waals surface area (Å²) in [6.07, 6.45) is -0.410. The molecule has 2 rings (SSSR count). The SMILES string of the molecule is CCOC(=O)[C@H](CC(=O)N1CCOC1=O)[C@@H]1C=C(C)C(=O)O1. The summed E-state index contributed by atoms with van der Waals surface area (Å²) in [6, 6.07) is 0. The third kappa shape index (κ3) is 3.26. The molecular formula is C14H17NO7. The Morgan fingerprint density at radius 1 is 1.45 bits per heavy atom. The zero-order valence-corrected chi connectivity index (χ0v) is 12.4. The lowest BCUT2D eigenvalue weighted by atomic mass is 9.97. The maximum absolute atomic E-state index is 12.2. The lowest BCUT2D eigenvalue weighted by Crippen LogP contribution is -2.38. The van der Waals surface area contributed by atoms with E-state index in [1.54, 1.807) is 13.8 Å². The second kappa shape index (κ2) is 6.59. The Hall–Kier alpha value is -2.38. The Balaban J connectivity index is 2.11. The molecule has 0 bridgehead atoms. The number of carbonyl (C=O) groups is 4. The molecule has 0 saturated carbocycles. The average molecular weight is 311 g/mol. The number of hydrogen-bond donors (Lipinski definition) is 0. The molecule has 2 aliphatic rings. The summed E-state index contributed by atoms with van der Waals surface area (Å²) in [6.45, 7) is 3.61. The van der Waals surface area contributed by atoms with Gasteiger partial charge < -0.3 is 14.2 Å². The highest BCUT2D eigenvalue weighted by Gasteiger charge is 2.39. The zero-order valence-electron chi connectivity index (χ0n) is 12.4. The Morgan fingerprint density at radius 2 is 2.18 bits per heavy atom. The van der Waals surface area contributed by atoms with Crippen LogP contribution in [-0.2, 0) is 28.6 Å². The highest BCUT2D eigenvalue weighted by molar-refractivity contribution is 5.95. The minimum absolute atomic E-state index is 0.131. The molecule has 2 heterocycles. The fourth-order valence-electron chi connectivity index (χ4n) is 2.26. The molecule has 0 aromatic rings. The first kappa shape index (κ1) is 16.0. The Kier molecular flexibility index (Phi) is 4.79. The van der Waals surface area contributed by atoms with Crippen molar-refractivity contribution in [3.05, 3.63) is 11.6 Å². The topological polar surface area (TPSA) is 99.2 Å². The Bertz CT molecular complexity index is 539. The van der Waals surface area contributed by atoms with Crippen molar-refractivity contribution in [2.45, 2.75) is 26.4 Å². The van der Waals surface area contributed by atoms with Crippen molar-refractivity contribution < 1.29 is 33.4 Å². The molecule has 2 amide bonds. The standard InChI is InChI=1S/C14H17NO7/c1-3-20-13(18)9(10-6-8(2)12(17)22-10)7-11(16)15-4-5-21-14(15)19/h6,9-10H,3-5,7H2,1-2H3/t9-,10+/m1/s1. The van der Waals surface area contributed by atoms with Gasteiger partial charge in [0.25, 0.3) is 0 Å². The van der Waals surface area contributed by atoms with Crippen molar-refractivity contribution >= 4 is 23.9 Å². The number of cyclic esters (lactones) is 2. The molecule has 8 nitrogen and oxygen atoms in total. The molecule has 0 N–H and O–H groups in total. The van der Waals surface area contributed by atoms with Crippen LogP contribution < -0.4 is 0 Å². The highest BCUT2D eigenvalue weighted by atomic mass is 16.6. The molecule has 0 aliphatic carbocycles. The summed E-state index contributed by atoms with van der Waals surface area (Å²) in [5.74, 6) is -2.73. The molecule has 2 atom stereocenters. The second-order valence-electron chi connectivity index (χ2n) is 4.94.